The largest absolute Gasteiger partial charge is 0.353 e. The molecule has 24 heavy (non-hydrogen) atoms. The minimum atomic E-state index is -0.292. The number of hydrogen-bond acceptors (Lipinski definition) is 5. The van der Waals surface area contributed by atoms with Gasteiger partial charge in [0.15, 0.2) is 11.6 Å². The highest BCUT2D eigenvalue weighted by Gasteiger charge is 2.17. The lowest BCUT2D eigenvalue weighted by molar-refractivity contribution is 0.102. The number of likely N-dealkylation sites (N-methyl/N-ethyl adjacent to an activating group) is 1. The van der Waals surface area contributed by atoms with Gasteiger partial charge in [0.25, 0.3) is 5.91 Å². The fraction of sp³-hybridized carbons (Fsp3) is 0.353. The normalized spacial score (nSPS) is 15.3. The van der Waals surface area contributed by atoms with Crippen molar-refractivity contribution in [2.24, 2.45) is 0 Å². The molecule has 2 heterocycles. The van der Waals surface area contributed by atoms with E-state index in [0.717, 1.165) is 38.5 Å². The number of carbonyl (C=O) groups excluding carboxylic acids is 1. The standard InChI is InChI=1S/C17H20ClN5O/c1-2-22-9-11-23(12-10-22)16-8-7-15(20-21-16)19-17(24)13-5-3-4-6-14(13)18/h3-8H,2,9-12H2,1H3,(H,19,20,24). The molecule has 3 rings (SSSR count). The molecule has 0 aliphatic carbocycles. The van der Waals surface area contributed by atoms with E-state index in [2.05, 4.69) is 32.2 Å². The average molecular weight is 346 g/mol. The summed E-state index contributed by atoms with van der Waals surface area (Å²) in [5.41, 5.74) is 0.417. The summed E-state index contributed by atoms with van der Waals surface area (Å²) in [4.78, 5) is 16.8. The van der Waals surface area contributed by atoms with Crippen LogP contribution in [0.1, 0.15) is 17.3 Å². The Labute approximate surface area is 146 Å². The molecule has 0 atom stereocenters. The van der Waals surface area contributed by atoms with Crippen molar-refractivity contribution in [2.75, 3.05) is 42.9 Å². The number of carbonyl (C=O) groups is 1. The maximum atomic E-state index is 12.2. The Morgan fingerprint density at radius 1 is 1.12 bits per heavy atom. The zero-order valence-corrected chi connectivity index (χ0v) is 14.3. The molecule has 1 aromatic carbocycles. The summed E-state index contributed by atoms with van der Waals surface area (Å²) < 4.78 is 0. The van der Waals surface area contributed by atoms with Crippen LogP contribution in [-0.2, 0) is 0 Å². The molecule has 2 aromatic rings. The van der Waals surface area contributed by atoms with E-state index >= 15 is 0 Å². The van der Waals surface area contributed by atoms with Crippen molar-refractivity contribution in [3.63, 3.8) is 0 Å². The SMILES string of the molecule is CCN1CCN(c2ccc(NC(=O)c3ccccc3Cl)nn2)CC1. The Balaban J connectivity index is 1.63. The lowest BCUT2D eigenvalue weighted by Gasteiger charge is -2.34. The van der Waals surface area contributed by atoms with Gasteiger partial charge in [-0.05, 0) is 30.8 Å². The van der Waals surface area contributed by atoms with Gasteiger partial charge >= 0.3 is 0 Å². The van der Waals surface area contributed by atoms with E-state index < -0.39 is 0 Å². The van der Waals surface area contributed by atoms with Crippen LogP contribution in [0.15, 0.2) is 36.4 Å². The number of benzene rings is 1. The molecule has 7 heteroatoms. The molecule has 0 unspecified atom stereocenters. The Kier molecular flexibility index (Phi) is 5.27. The monoisotopic (exact) mass is 345 g/mol. The maximum absolute atomic E-state index is 12.2. The highest BCUT2D eigenvalue weighted by molar-refractivity contribution is 6.34. The molecule has 1 aliphatic rings. The predicted molar refractivity (Wildman–Crippen MR) is 95.8 cm³/mol. The Morgan fingerprint density at radius 2 is 1.88 bits per heavy atom. The number of anilines is 2. The molecule has 126 valence electrons. The van der Waals surface area contributed by atoms with Crippen molar-refractivity contribution in [1.29, 1.82) is 0 Å². The van der Waals surface area contributed by atoms with Crippen LogP contribution in [0, 0.1) is 0 Å². The van der Waals surface area contributed by atoms with Crippen molar-refractivity contribution in [3.8, 4) is 0 Å². The van der Waals surface area contributed by atoms with Crippen molar-refractivity contribution in [3.05, 3.63) is 47.0 Å². The van der Waals surface area contributed by atoms with Gasteiger partial charge in [-0.15, -0.1) is 10.2 Å². The van der Waals surface area contributed by atoms with Crippen molar-refractivity contribution < 1.29 is 4.79 Å². The van der Waals surface area contributed by atoms with Gasteiger partial charge in [0.2, 0.25) is 0 Å². The van der Waals surface area contributed by atoms with E-state index in [1.807, 2.05) is 6.07 Å². The molecule has 1 N–H and O–H groups in total. The minimum Gasteiger partial charge on any atom is -0.353 e. The summed E-state index contributed by atoms with van der Waals surface area (Å²) in [5, 5.41) is 11.5. The van der Waals surface area contributed by atoms with Crippen LogP contribution in [0.5, 0.6) is 0 Å². The fourth-order valence-corrected chi connectivity index (χ4v) is 2.90. The van der Waals surface area contributed by atoms with Crippen molar-refractivity contribution in [2.45, 2.75) is 6.92 Å². The Morgan fingerprint density at radius 3 is 2.50 bits per heavy atom. The van der Waals surface area contributed by atoms with Crippen LogP contribution in [0.25, 0.3) is 0 Å². The molecular weight excluding hydrogens is 326 g/mol. The van der Waals surface area contributed by atoms with E-state index in [4.69, 9.17) is 11.6 Å². The van der Waals surface area contributed by atoms with Gasteiger partial charge in [-0.1, -0.05) is 30.7 Å². The second-order valence-corrected chi connectivity index (χ2v) is 6.04. The van der Waals surface area contributed by atoms with E-state index in [9.17, 15) is 4.79 Å². The molecule has 1 aromatic heterocycles. The number of aromatic nitrogens is 2. The summed E-state index contributed by atoms with van der Waals surface area (Å²) in [6.07, 6.45) is 0. The molecular formula is C17H20ClN5O. The minimum absolute atomic E-state index is 0.292. The average Bonchev–Trinajstić information content (AvgIpc) is 2.63. The molecule has 6 nitrogen and oxygen atoms in total. The summed E-state index contributed by atoms with van der Waals surface area (Å²) in [6, 6.07) is 10.6. The highest BCUT2D eigenvalue weighted by atomic mass is 35.5. The first-order valence-electron chi connectivity index (χ1n) is 8.04. The molecule has 1 amide bonds. The van der Waals surface area contributed by atoms with E-state index in [0.29, 0.717) is 16.4 Å². The fourth-order valence-electron chi connectivity index (χ4n) is 2.68. The van der Waals surface area contributed by atoms with Gasteiger partial charge in [0.1, 0.15) is 0 Å². The molecule has 0 radical (unpaired) electrons. The third-order valence-corrected chi connectivity index (χ3v) is 4.48. The molecule has 1 saturated heterocycles. The molecule has 1 aliphatic heterocycles. The zero-order valence-electron chi connectivity index (χ0n) is 13.6. The second kappa shape index (κ2) is 7.59. The number of hydrogen-bond donors (Lipinski definition) is 1. The van der Waals surface area contributed by atoms with Gasteiger partial charge in [0.05, 0.1) is 10.6 Å². The number of nitrogens with one attached hydrogen (secondary N) is 1. The summed E-state index contributed by atoms with van der Waals surface area (Å²) in [6.45, 7) is 7.19. The zero-order chi connectivity index (χ0) is 16.9. The van der Waals surface area contributed by atoms with Gasteiger partial charge in [-0.25, -0.2) is 0 Å². The van der Waals surface area contributed by atoms with Gasteiger partial charge in [0, 0.05) is 26.2 Å². The molecule has 0 bridgehead atoms. The topological polar surface area (TPSA) is 61.4 Å². The van der Waals surface area contributed by atoms with E-state index in [1.165, 1.54) is 0 Å². The van der Waals surface area contributed by atoms with Gasteiger partial charge in [-0.2, -0.15) is 0 Å². The number of nitrogens with zero attached hydrogens (tertiary/aromatic N) is 4. The first kappa shape index (κ1) is 16.7. The first-order chi connectivity index (χ1) is 11.7. The molecule has 0 spiro atoms. The van der Waals surface area contributed by atoms with Crippen molar-refractivity contribution >= 4 is 29.1 Å². The Hall–Kier alpha value is -2.18. The summed E-state index contributed by atoms with van der Waals surface area (Å²) in [7, 11) is 0. The van der Waals surface area contributed by atoms with Gasteiger partial charge in [-0.3, -0.25) is 4.79 Å². The predicted octanol–water partition coefficient (Wildman–Crippen LogP) is 2.52. The number of rotatable bonds is 4. The van der Waals surface area contributed by atoms with Crippen LogP contribution in [0.2, 0.25) is 5.02 Å². The number of amides is 1. The van der Waals surface area contributed by atoms with Crippen LogP contribution in [0.3, 0.4) is 0 Å². The summed E-state index contributed by atoms with van der Waals surface area (Å²) in [5.74, 6) is 0.955. The third-order valence-electron chi connectivity index (χ3n) is 4.15. The third kappa shape index (κ3) is 3.83. The van der Waals surface area contributed by atoms with Crippen LogP contribution in [0.4, 0.5) is 11.6 Å². The molecule has 0 saturated carbocycles. The molecule has 1 fully saturated rings. The lowest BCUT2D eigenvalue weighted by atomic mass is 10.2. The van der Waals surface area contributed by atoms with Gasteiger partial charge < -0.3 is 15.1 Å². The Bertz CT molecular complexity index is 698. The van der Waals surface area contributed by atoms with Crippen LogP contribution < -0.4 is 10.2 Å². The van der Waals surface area contributed by atoms with E-state index in [1.54, 1.807) is 30.3 Å². The number of halogens is 1. The number of piperazine rings is 1. The van der Waals surface area contributed by atoms with Crippen LogP contribution >= 0.6 is 11.6 Å². The van der Waals surface area contributed by atoms with Crippen molar-refractivity contribution in [1.82, 2.24) is 15.1 Å². The van der Waals surface area contributed by atoms with E-state index in [-0.39, 0.29) is 5.91 Å². The highest BCUT2D eigenvalue weighted by Crippen LogP contribution is 2.18. The quantitative estimate of drug-likeness (QED) is 0.922. The summed E-state index contributed by atoms with van der Waals surface area (Å²) >= 11 is 6.03. The first-order valence-corrected chi connectivity index (χ1v) is 8.42. The lowest BCUT2D eigenvalue weighted by Crippen LogP contribution is -2.46. The maximum Gasteiger partial charge on any atom is 0.258 e. The second-order valence-electron chi connectivity index (χ2n) is 5.63. The van der Waals surface area contributed by atoms with Crippen LogP contribution in [-0.4, -0.2) is 53.7 Å². The smallest absolute Gasteiger partial charge is 0.258 e.